The molecule has 0 aliphatic rings. The third-order valence-corrected chi connectivity index (χ3v) is 4.95. The Hall–Kier alpha value is -2.62. The van der Waals surface area contributed by atoms with Crippen LogP contribution in [-0.4, -0.2) is 45.0 Å². The van der Waals surface area contributed by atoms with E-state index < -0.39 is 21.1 Å². The van der Waals surface area contributed by atoms with Crippen molar-refractivity contribution in [1.29, 1.82) is 0 Å². The minimum atomic E-state index is -3.63. The fourth-order valence-corrected chi connectivity index (χ4v) is 2.81. The van der Waals surface area contributed by atoms with Gasteiger partial charge in [-0.05, 0) is 24.1 Å². The molecule has 0 aliphatic heterocycles. The average molecular weight is 397 g/mol. The Morgan fingerprint density at radius 1 is 1.22 bits per heavy atom. The first kappa shape index (κ1) is 20.7. The van der Waals surface area contributed by atoms with Gasteiger partial charge in [-0.25, -0.2) is 8.42 Å². The Balaban J connectivity index is 2.31. The lowest BCUT2D eigenvalue weighted by molar-refractivity contribution is 0.0911. The zero-order chi connectivity index (χ0) is 20.2. The van der Waals surface area contributed by atoms with Crippen LogP contribution in [0.3, 0.4) is 0 Å². The van der Waals surface area contributed by atoms with E-state index >= 15 is 0 Å². The van der Waals surface area contributed by atoms with E-state index in [1.165, 1.54) is 14.2 Å². The summed E-state index contributed by atoms with van der Waals surface area (Å²) in [6, 6.07) is 4.14. The van der Waals surface area contributed by atoms with Crippen molar-refractivity contribution in [2.24, 2.45) is 5.92 Å². The van der Waals surface area contributed by atoms with Gasteiger partial charge >= 0.3 is 5.22 Å². The van der Waals surface area contributed by atoms with Gasteiger partial charge < -0.3 is 19.2 Å². The largest absolute Gasteiger partial charge is 0.493 e. The van der Waals surface area contributed by atoms with Gasteiger partial charge in [-0.15, -0.1) is 5.10 Å². The first-order valence-corrected chi connectivity index (χ1v) is 10.2. The van der Waals surface area contributed by atoms with E-state index in [1.807, 2.05) is 13.8 Å². The second-order valence-electron chi connectivity index (χ2n) is 6.08. The van der Waals surface area contributed by atoms with Gasteiger partial charge in [-0.1, -0.05) is 25.4 Å². The molecular weight excluding hydrogens is 374 g/mol. The lowest BCUT2D eigenvalue weighted by Gasteiger charge is -2.21. The lowest BCUT2D eigenvalue weighted by atomic mass is 9.98. The van der Waals surface area contributed by atoms with Crippen molar-refractivity contribution in [3.8, 4) is 11.5 Å². The molecule has 9 nitrogen and oxygen atoms in total. The molecule has 0 bridgehead atoms. The maximum atomic E-state index is 12.7. The molecule has 0 unspecified atom stereocenters. The molecule has 1 heterocycles. The summed E-state index contributed by atoms with van der Waals surface area (Å²) in [5.74, 6) is 0.505. The number of hydrogen-bond donors (Lipinski definition) is 1. The molecular formula is C17H23N3O6S. The number of carbonyl (C=O) groups is 1. The predicted octanol–water partition coefficient (Wildman–Crippen LogP) is 2.01. The smallest absolute Gasteiger partial charge is 0.335 e. The number of amides is 1. The van der Waals surface area contributed by atoms with Crippen LogP contribution in [0.15, 0.2) is 27.8 Å². The number of sulfone groups is 1. The molecule has 1 aromatic carbocycles. The van der Waals surface area contributed by atoms with Gasteiger partial charge in [0, 0.05) is 11.8 Å². The quantitative estimate of drug-likeness (QED) is 0.718. The van der Waals surface area contributed by atoms with Crippen molar-refractivity contribution in [2.45, 2.75) is 31.5 Å². The molecule has 1 aromatic heterocycles. The monoisotopic (exact) mass is 397 g/mol. The Morgan fingerprint density at radius 2 is 1.89 bits per heavy atom. The van der Waals surface area contributed by atoms with Gasteiger partial charge in [0.1, 0.15) is 6.04 Å². The molecule has 148 valence electrons. The summed E-state index contributed by atoms with van der Waals surface area (Å²) < 4.78 is 38.8. The van der Waals surface area contributed by atoms with E-state index in [9.17, 15) is 13.2 Å². The Labute approximate surface area is 158 Å². The number of aromatic nitrogens is 2. The highest BCUT2D eigenvalue weighted by Gasteiger charge is 2.28. The zero-order valence-electron chi connectivity index (χ0n) is 15.8. The maximum Gasteiger partial charge on any atom is 0.335 e. The normalized spacial score (nSPS) is 13.7. The van der Waals surface area contributed by atoms with Crippen molar-refractivity contribution >= 4 is 15.7 Å². The number of carbonyl (C=O) groups excluding carboxylic acids is 1. The molecule has 1 N–H and O–H groups in total. The summed E-state index contributed by atoms with van der Waals surface area (Å²) in [5, 5.41) is 9.71. The highest BCUT2D eigenvalue weighted by atomic mass is 32.2. The molecule has 1 amide bonds. The van der Waals surface area contributed by atoms with E-state index in [0.717, 1.165) is 6.26 Å². The van der Waals surface area contributed by atoms with Gasteiger partial charge in [0.15, 0.2) is 11.5 Å². The number of nitrogens with one attached hydrogen (secondary N) is 1. The number of nitrogens with zero attached hydrogens (tertiary/aromatic N) is 2. The first-order chi connectivity index (χ1) is 12.7. The van der Waals surface area contributed by atoms with Crippen molar-refractivity contribution in [1.82, 2.24) is 15.5 Å². The number of methoxy groups -OCH3 is 2. The third kappa shape index (κ3) is 4.76. The van der Waals surface area contributed by atoms with Crippen LogP contribution in [0.1, 0.15) is 42.6 Å². The fraction of sp³-hybridized carbons (Fsp3) is 0.471. The summed E-state index contributed by atoms with van der Waals surface area (Å²) in [4.78, 5) is 12.7. The van der Waals surface area contributed by atoms with Crippen LogP contribution in [0.2, 0.25) is 0 Å². The molecule has 2 aromatic rings. The Kier molecular flexibility index (Phi) is 6.42. The topological polar surface area (TPSA) is 121 Å². The molecule has 27 heavy (non-hydrogen) atoms. The number of ether oxygens (including phenoxy) is 2. The third-order valence-electron chi connectivity index (χ3n) is 4.15. The molecule has 10 heteroatoms. The molecule has 2 atom stereocenters. The number of rotatable bonds is 8. The van der Waals surface area contributed by atoms with Gasteiger partial charge in [-0.3, -0.25) is 4.79 Å². The number of benzene rings is 1. The Bertz CT molecular complexity index is 909. The molecule has 0 aliphatic carbocycles. The highest BCUT2D eigenvalue weighted by Crippen LogP contribution is 2.29. The standard InChI is InChI=1S/C17H23N3O6S/c1-6-10(2)14(16-19-20-17(26-16)27(5,22)23)18-15(21)11-7-8-12(24-3)13(9-11)25-4/h7-10,14H,6H2,1-5H3,(H,18,21)/t10-,14+/m1/s1. The highest BCUT2D eigenvalue weighted by molar-refractivity contribution is 7.90. The summed E-state index contributed by atoms with van der Waals surface area (Å²) in [6.07, 6.45) is 1.68. The van der Waals surface area contributed by atoms with Crippen LogP contribution in [0.25, 0.3) is 0 Å². The average Bonchev–Trinajstić information content (AvgIpc) is 3.14. The molecule has 0 saturated heterocycles. The second-order valence-corrected chi connectivity index (χ2v) is 7.98. The SMILES string of the molecule is CC[C@@H](C)[C@H](NC(=O)c1ccc(OC)c(OC)c1)c1nnc(S(C)(=O)=O)o1. The Morgan fingerprint density at radius 3 is 2.41 bits per heavy atom. The first-order valence-electron chi connectivity index (χ1n) is 8.27. The summed E-state index contributed by atoms with van der Waals surface area (Å²) in [6.45, 7) is 3.83. The van der Waals surface area contributed by atoms with Crippen molar-refractivity contribution in [2.75, 3.05) is 20.5 Å². The minimum Gasteiger partial charge on any atom is -0.493 e. The summed E-state index contributed by atoms with van der Waals surface area (Å²) >= 11 is 0. The van der Waals surface area contributed by atoms with Gasteiger partial charge in [0.2, 0.25) is 15.7 Å². The van der Waals surface area contributed by atoms with Crippen LogP contribution in [0.5, 0.6) is 11.5 Å². The second kappa shape index (κ2) is 8.38. The van der Waals surface area contributed by atoms with Gasteiger partial charge in [0.25, 0.3) is 5.91 Å². The van der Waals surface area contributed by atoms with Crippen LogP contribution < -0.4 is 14.8 Å². The van der Waals surface area contributed by atoms with E-state index in [0.29, 0.717) is 23.5 Å². The molecule has 0 saturated carbocycles. The maximum absolute atomic E-state index is 12.7. The molecule has 0 radical (unpaired) electrons. The fourth-order valence-electron chi connectivity index (χ4n) is 2.38. The summed E-state index contributed by atoms with van der Waals surface area (Å²) in [5.41, 5.74) is 0.351. The van der Waals surface area contributed by atoms with Crippen LogP contribution in [0, 0.1) is 5.92 Å². The van der Waals surface area contributed by atoms with Crippen molar-refractivity contribution in [3.05, 3.63) is 29.7 Å². The van der Waals surface area contributed by atoms with Gasteiger partial charge in [-0.2, -0.15) is 0 Å². The van der Waals surface area contributed by atoms with Crippen molar-refractivity contribution in [3.63, 3.8) is 0 Å². The molecule has 0 spiro atoms. The molecule has 0 fully saturated rings. The summed E-state index contributed by atoms with van der Waals surface area (Å²) in [7, 11) is -0.644. The van der Waals surface area contributed by atoms with Crippen LogP contribution in [-0.2, 0) is 9.84 Å². The van der Waals surface area contributed by atoms with Gasteiger partial charge in [0.05, 0.1) is 14.2 Å². The minimum absolute atomic E-state index is 0.0404. The lowest BCUT2D eigenvalue weighted by Crippen LogP contribution is -2.32. The molecule has 2 rings (SSSR count). The van der Waals surface area contributed by atoms with E-state index in [2.05, 4.69) is 15.5 Å². The number of hydrogen-bond acceptors (Lipinski definition) is 8. The van der Waals surface area contributed by atoms with E-state index in [4.69, 9.17) is 13.9 Å². The van der Waals surface area contributed by atoms with Crippen LogP contribution >= 0.6 is 0 Å². The van der Waals surface area contributed by atoms with E-state index in [1.54, 1.807) is 18.2 Å². The predicted molar refractivity (Wildman–Crippen MR) is 96.6 cm³/mol. The zero-order valence-corrected chi connectivity index (χ0v) is 16.7. The van der Waals surface area contributed by atoms with E-state index in [-0.39, 0.29) is 17.7 Å². The van der Waals surface area contributed by atoms with Crippen LogP contribution in [0.4, 0.5) is 0 Å². The van der Waals surface area contributed by atoms with Crippen molar-refractivity contribution < 1.29 is 27.1 Å².